The summed E-state index contributed by atoms with van der Waals surface area (Å²) in [4.78, 5) is 38.9. The molecule has 3 aromatic carbocycles. The number of rotatable bonds is 6. The van der Waals surface area contributed by atoms with Crippen LogP contribution in [0.1, 0.15) is 10.4 Å². The van der Waals surface area contributed by atoms with E-state index in [1.54, 1.807) is 36.4 Å². The zero-order chi connectivity index (χ0) is 24.4. The standard InChI is InChI=1S/C24H16Cl2FN3O4/c1-34-17-9-7-16(8-10-17)30-23(32)20(26)21(24(30)33)28-14-4-2-13(3-5-14)22(31)29-15-6-11-19(27)18(25)12-15/h2-12,28H,1H3,(H,29,31). The van der Waals surface area contributed by atoms with Crippen LogP contribution in [0.5, 0.6) is 5.75 Å². The largest absolute Gasteiger partial charge is 0.497 e. The lowest BCUT2D eigenvalue weighted by atomic mass is 10.2. The minimum Gasteiger partial charge on any atom is -0.497 e. The van der Waals surface area contributed by atoms with E-state index in [1.807, 2.05) is 0 Å². The predicted molar refractivity (Wildman–Crippen MR) is 128 cm³/mol. The number of hydrogen-bond acceptors (Lipinski definition) is 5. The first-order valence-electron chi connectivity index (χ1n) is 9.84. The van der Waals surface area contributed by atoms with Crippen LogP contribution in [-0.4, -0.2) is 24.8 Å². The summed E-state index contributed by atoms with van der Waals surface area (Å²) < 4.78 is 18.4. The fourth-order valence-electron chi connectivity index (χ4n) is 3.20. The molecule has 4 rings (SSSR count). The molecule has 0 aliphatic carbocycles. The van der Waals surface area contributed by atoms with Crippen LogP contribution in [0, 0.1) is 5.82 Å². The highest BCUT2D eigenvalue weighted by Gasteiger charge is 2.39. The van der Waals surface area contributed by atoms with E-state index in [1.165, 1.54) is 31.4 Å². The van der Waals surface area contributed by atoms with Gasteiger partial charge in [-0.25, -0.2) is 9.29 Å². The van der Waals surface area contributed by atoms with Gasteiger partial charge in [0.15, 0.2) is 0 Å². The van der Waals surface area contributed by atoms with E-state index in [0.717, 1.165) is 11.0 Å². The van der Waals surface area contributed by atoms with Gasteiger partial charge in [0.05, 0.1) is 17.8 Å². The number of ether oxygens (including phenoxy) is 1. The van der Waals surface area contributed by atoms with Gasteiger partial charge in [-0.1, -0.05) is 23.2 Å². The topological polar surface area (TPSA) is 87.7 Å². The van der Waals surface area contributed by atoms with Gasteiger partial charge in [-0.15, -0.1) is 0 Å². The van der Waals surface area contributed by atoms with Crippen molar-refractivity contribution < 1.29 is 23.5 Å². The van der Waals surface area contributed by atoms with Crippen LogP contribution in [0.4, 0.5) is 21.5 Å². The van der Waals surface area contributed by atoms with Gasteiger partial charge in [0.1, 0.15) is 22.3 Å². The summed E-state index contributed by atoms with van der Waals surface area (Å²) in [6, 6.07) is 16.4. The Hall–Kier alpha value is -3.88. The Balaban J connectivity index is 1.47. The quantitative estimate of drug-likeness (QED) is 0.456. The molecule has 172 valence electrons. The molecular weight excluding hydrogens is 484 g/mol. The zero-order valence-corrected chi connectivity index (χ0v) is 19.1. The first-order chi connectivity index (χ1) is 16.3. The van der Waals surface area contributed by atoms with Crippen molar-refractivity contribution in [1.29, 1.82) is 0 Å². The van der Waals surface area contributed by atoms with Crippen molar-refractivity contribution in [3.8, 4) is 5.75 Å². The van der Waals surface area contributed by atoms with Crippen LogP contribution in [0.15, 0.2) is 77.5 Å². The maximum absolute atomic E-state index is 13.3. The number of methoxy groups -OCH3 is 1. The van der Waals surface area contributed by atoms with Crippen molar-refractivity contribution in [2.24, 2.45) is 0 Å². The molecule has 2 N–H and O–H groups in total. The lowest BCUT2D eigenvalue weighted by Gasteiger charge is -2.15. The van der Waals surface area contributed by atoms with Crippen molar-refractivity contribution in [3.05, 3.63) is 93.9 Å². The van der Waals surface area contributed by atoms with Gasteiger partial charge in [-0.3, -0.25) is 14.4 Å². The SMILES string of the molecule is COc1ccc(N2C(=O)C(Cl)=C(Nc3ccc(C(=O)Nc4ccc(F)c(Cl)c4)cc3)C2=O)cc1. The summed E-state index contributed by atoms with van der Waals surface area (Å²) in [5.41, 5.74) is 1.34. The van der Waals surface area contributed by atoms with E-state index in [0.29, 0.717) is 28.4 Å². The highest BCUT2D eigenvalue weighted by molar-refractivity contribution is 6.53. The van der Waals surface area contributed by atoms with Crippen LogP contribution < -0.4 is 20.3 Å². The molecule has 0 unspecified atom stereocenters. The van der Waals surface area contributed by atoms with Gasteiger partial charge in [0.2, 0.25) is 0 Å². The van der Waals surface area contributed by atoms with Gasteiger partial charge in [-0.2, -0.15) is 0 Å². The molecule has 7 nitrogen and oxygen atoms in total. The molecule has 0 radical (unpaired) electrons. The van der Waals surface area contributed by atoms with Crippen LogP contribution in [-0.2, 0) is 9.59 Å². The van der Waals surface area contributed by atoms with Crippen molar-refractivity contribution in [2.75, 3.05) is 22.6 Å². The molecule has 1 heterocycles. The number of nitrogens with zero attached hydrogens (tertiary/aromatic N) is 1. The number of carbonyl (C=O) groups is 3. The molecule has 0 aromatic heterocycles. The van der Waals surface area contributed by atoms with E-state index in [-0.39, 0.29) is 15.8 Å². The van der Waals surface area contributed by atoms with E-state index < -0.39 is 23.5 Å². The van der Waals surface area contributed by atoms with Crippen LogP contribution in [0.3, 0.4) is 0 Å². The van der Waals surface area contributed by atoms with Gasteiger partial charge >= 0.3 is 0 Å². The highest BCUT2D eigenvalue weighted by atomic mass is 35.5. The minimum absolute atomic E-state index is 0.0827. The Morgan fingerprint density at radius 3 is 2.18 bits per heavy atom. The lowest BCUT2D eigenvalue weighted by molar-refractivity contribution is -0.120. The third kappa shape index (κ3) is 4.59. The Kier molecular flexibility index (Phi) is 6.54. The van der Waals surface area contributed by atoms with Crippen molar-refractivity contribution >= 4 is 58.0 Å². The third-order valence-electron chi connectivity index (χ3n) is 4.95. The number of amides is 3. The second-order valence-corrected chi connectivity index (χ2v) is 7.90. The average Bonchev–Trinajstić information content (AvgIpc) is 3.05. The monoisotopic (exact) mass is 499 g/mol. The van der Waals surface area contributed by atoms with Gasteiger partial charge in [0, 0.05) is 16.9 Å². The molecule has 0 fully saturated rings. The van der Waals surface area contributed by atoms with Crippen LogP contribution >= 0.6 is 23.2 Å². The summed E-state index contributed by atoms with van der Waals surface area (Å²) in [6.07, 6.45) is 0. The number of halogens is 3. The number of benzene rings is 3. The van der Waals surface area contributed by atoms with E-state index in [2.05, 4.69) is 10.6 Å². The lowest BCUT2D eigenvalue weighted by Crippen LogP contribution is -2.32. The number of hydrogen-bond donors (Lipinski definition) is 2. The number of nitrogens with one attached hydrogen (secondary N) is 2. The maximum Gasteiger partial charge on any atom is 0.283 e. The first kappa shape index (κ1) is 23.3. The molecule has 0 spiro atoms. The highest BCUT2D eigenvalue weighted by Crippen LogP contribution is 2.31. The molecule has 34 heavy (non-hydrogen) atoms. The average molecular weight is 500 g/mol. The Bertz CT molecular complexity index is 1330. The summed E-state index contributed by atoms with van der Waals surface area (Å²) in [5.74, 6) is -1.73. The molecule has 0 saturated heterocycles. The van der Waals surface area contributed by atoms with E-state index in [9.17, 15) is 18.8 Å². The molecule has 0 bridgehead atoms. The summed E-state index contributed by atoms with van der Waals surface area (Å²) in [7, 11) is 1.51. The van der Waals surface area contributed by atoms with E-state index in [4.69, 9.17) is 27.9 Å². The van der Waals surface area contributed by atoms with Gasteiger partial charge in [-0.05, 0) is 66.7 Å². The summed E-state index contributed by atoms with van der Waals surface area (Å²) >= 11 is 11.9. The molecule has 10 heteroatoms. The number of carbonyl (C=O) groups excluding carboxylic acids is 3. The Morgan fingerprint density at radius 2 is 1.56 bits per heavy atom. The van der Waals surface area contributed by atoms with Crippen LogP contribution in [0.25, 0.3) is 0 Å². The molecule has 1 aliphatic heterocycles. The molecule has 0 atom stereocenters. The van der Waals surface area contributed by atoms with Crippen molar-refractivity contribution in [1.82, 2.24) is 0 Å². The second kappa shape index (κ2) is 9.54. The fourth-order valence-corrected chi connectivity index (χ4v) is 3.60. The number of anilines is 3. The minimum atomic E-state index is -0.659. The van der Waals surface area contributed by atoms with Crippen molar-refractivity contribution in [3.63, 3.8) is 0 Å². The fraction of sp³-hybridized carbons (Fsp3) is 0.0417. The Morgan fingerprint density at radius 1 is 0.912 bits per heavy atom. The third-order valence-corrected chi connectivity index (χ3v) is 5.59. The van der Waals surface area contributed by atoms with E-state index >= 15 is 0 Å². The normalized spacial score (nSPS) is 13.4. The smallest absolute Gasteiger partial charge is 0.283 e. The molecule has 3 amide bonds. The first-order valence-corrected chi connectivity index (χ1v) is 10.6. The maximum atomic E-state index is 13.3. The summed E-state index contributed by atoms with van der Waals surface area (Å²) in [5, 5.41) is 5.10. The van der Waals surface area contributed by atoms with Crippen molar-refractivity contribution in [2.45, 2.75) is 0 Å². The van der Waals surface area contributed by atoms with Gasteiger partial charge < -0.3 is 15.4 Å². The molecule has 0 saturated carbocycles. The molecule has 3 aromatic rings. The molecular formula is C24H16Cl2FN3O4. The second-order valence-electron chi connectivity index (χ2n) is 7.12. The van der Waals surface area contributed by atoms with Crippen LogP contribution in [0.2, 0.25) is 5.02 Å². The van der Waals surface area contributed by atoms with Gasteiger partial charge in [0.25, 0.3) is 17.7 Å². The number of imide groups is 1. The predicted octanol–water partition coefficient (Wildman–Crippen LogP) is 5.18. The summed E-state index contributed by atoms with van der Waals surface area (Å²) in [6.45, 7) is 0. The molecule has 1 aliphatic rings. The Labute approximate surface area is 203 Å². The zero-order valence-electron chi connectivity index (χ0n) is 17.6.